The van der Waals surface area contributed by atoms with Gasteiger partial charge in [-0.2, -0.15) is 9.61 Å². The van der Waals surface area contributed by atoms with Crippen molar-refractivity contribution in [2.45, 2.75) is 25.8 Å². The van der Waals surface area contributed by atoms with Crippen LogP contribution >= 0.6 is 0 Å². The molecule has 150 valence electrons. The molecular formula is C21H24N6O2. The molecule has 0 unspecified atom stereocenters. The number of aryl methyl sites for hydroxylation is 1. The molecule has 1 amide bonds. The Morgan fingerprint density at radius 1 is 1.31 bits per heavy atom. The van der Waals surface area contributed by atoms with Gasteiger partial charge in [0.05, 0.1) is 19.4 Å². The van der Waals surface area contributed by atoms with Crippen LogP contribution < -0.4 is 16.4 Å². The topological polar surface area (TPSA) is 107 Å². The molecule has 8 heteroatoms. The number of aromatic nitrogens is 3. The summed E-state index contributed by atoms with van der Waals surface area (Å²) in [5.74, 6) is 1.74. The maximum Gasteiger partial charge on any atom is 0.251 e. The zero-order chi connectivity index (χ0) is 20.0. The molecule has 1 aliphatic heterocycles. The minimum atomic E-state index is -0.00903. The molecule has 2 aliphatic rings. The number of hydrogen-bond donors (Lipinski definition) is 3. The summed E-state index contributed by atoms with van der Waals surface area (Å²) in [6, 6.07) is 7.94. The molecule has 1 saturated heterocycles. The Balaban J connectivity index is 1.45. The summed E-state index contributed by atoms with van der Waals surface area (Å²) in [7, 11) is 0. The van der Waals surface area contributed by atoms with Crippen molar-refractivity contribution in [3.63, 3.8) is 0 Å². The highest BCUT2D eigenvalue weighted by molar-refractivity contribution is 5.97. The first-order valence-electron chi connectivity index (χ1n) is 9.96. The van der Waals surface area contributed by atoms with Gasteiger partial charge in [-0.3, -0.25) is 4.79 Å². The largest absolute Gasteiger partial charge is 0.384 e. The molecule has 0 atom stereocenters. The molecule has 0 radical (unpaired) electrons. The van der Waals surface area contributed by atoms with E-state index in [0.29, 0.717) is 29.0 Å². The van der Waals surface area contributed by atoms with Gasteiger partial charge in [0.1, 0.15) is 11.6 Å². The van der Waals surface area contributed by atoms with E-state index < -0.39 is 0 Å². The molecule has 3 aromatic rings. The van der Waals surface area contributed by atoms with Crippen LogP contribution in [-0.4, -0.2) is 46.3 Å². The van der Waals surface area contributed by atoms with Gasteiger partial charge in [0.2, 0.25) is 0 Å². The number of nitrogens with two attached hydrogens (primary N) is 1. The summed E-state index contributed by atoms with van der Waals surface area (Å²) < 4.78 is 7.00. The highest BCUT2D eigenvalue weighted by Gasteiger charge is 2.24. The molecule has 4 N–H and O–H groups in total. The van der Waals surface area contributed by atoms with Crippen LogP contribution in [0, 0.1) is 12.8 Å². The van der Waals surface area contributed by atoms with Crippen LogP contribution in [0.3, 0.4) is 0 Å². The molecule has 2 aromatic heterocycles. The van der Waals surface area contributed by atoms with Gasteiger partial charge in [0.25, 0.3) is 5.91 Å². The predicted octanol–water partition coefficient (Wildman–Crippen LogP) is 2.24. The van der Waals surface area contributed by atoms with Crippen molar-refractivity contribution in [1.82, 2.24) is 19.9 Å². The van der Waals surface area contributed by atoms with Crippen LogP contribution in [0.2, 0.25) is 0 Å². The fourth-order valence-corrected chi connectivity index (χ4v) is 3.54. The molecular weight excluding hydrogens is 368 g/mol. The van der Waals surface area contributed by atoms with Crippen molar-refractivity contribution in [3.05, 3.63) is 41.6 Å². The molecule has 1 aromatic carbocycles. The average molecular weight is 392 g/mol. The predicted molar refractivity (Wildman–Crippen MR) is 111 cm³/mol. The lowest BCUT2D eigenvalue weighted by atomic mass is 10.0. The third kappa shape index (κ3) is 3.51. The van der Waals surface area contributed by atoms with E-state index in [-0.39, 0.29) is 5.91 Å². The number of amides is 1. The van der Waals surface area contributed by atoms with Crippen LogP contribution in [0.25, 0.3) is 16.8 Å². The number of carbonyl (C=O) groups is 1. The van der Waals surface area contributed by atoms with Crippen LogP contribution in [0.15, 0.2) is 30.5 Å². The van der Waals surface area contributed by atoms with Crippen LogP contribution in [0.5, 0.6) is 0 Å². The first-order chi connectivity index (χ1) is 14.1. The van der Waals surface area contributed by atoms with E-state index in [2.05, 4.69) is 20.7 Å². The number of anilines is 2. The van der Waals surface area contributed by atoms with Gasteiger partial charge >= 0.3 is 0 Å². The zero-order valence-electron chi connectivity index (χ0n) is 16.3. The van der Waals surface area contributed by atoms with Gasteiger partial charge in [0.15, 0.2) is 5.65 Å². The zero-order valence-corrected chi connectivity index (χ0v) is 16.3. The van der Waals surface area contributed by atoms with E-state index in [1.54, 1.807) is 16.8 Å². The van der Waals surface area contributed by atoms with Gasteiger partial charge in [-0.05, 0) is 37.0 Å². The average Bonchev–Trinajstić information content (AvgIpc) is 3.36. The maximum absolute atomic E-state index is 12.4. The summed E-state index contributed by atoms with van der Waals surface area (Å²) in [5, 5.41) is 11.0. The Hall–Kier alpha value is -3.13. The molecule has 3 heterocycles. The fraction of sp³-hybridized carbons (Fsp3) is 0.381. The van der Waals surface area contributed by atoms with Gasteiger partial charge in [-0.25, -0.2) is 4.98 Å². The van der Waals surface area contributed by atoms with E-state index >= 15 is 0 Å². The summed E-state index contributed by atoms with van der Waals surface area (Å²) in [6.07, 6.45) is 3.93. The van der Waals surface area contributed by atoms with Crippen LogP contribution in [0.1, 0.15) is 28.8 Å². The third-order valence-corrected chi connectivity index (χ3v) is 5.47. The van der Waals surface area contributed by atoms with Crippen molar-refractivity contribution < 1.29 is 9.53 Å². The van der Waals surface area contributed by atoms with Crippen LogP contribution in [0.4, 0.5) is 11.6 Å². The monoisotopic (exact) mass is 392 g/mol. The number of fused-ring (bicyclic) bond motifs is 1. The highest BCUT2D eigenvalue weighted by atomic mass is 16.5. The molecule has 1 saturated carbocycles. The maximum atomic E-state index is 12.4. The Bertz CT molecular complexity index is 1080. The van der Waals surface area contributed by atoms with Crippen LogP contribution in [-0.2, 0) is 4.74 Å². The Kier molecular flexibility index (Phi) is 4.35. The number of hydrogen-bond acceptors (Lipinski definition) is 6. The number of rotatable bonds is 6. The lowest BCUT2D eigenvalue weighted by molar-refractivity contribution is -0.0249. The Labute approximate surface area is 168 Å². The number of nitrogens with one attached hydrogen (secondary N) is 2. The van der Waals surface area contributed by atoms with E-state index in [4.69, 9.17) is 10.5 Å². The number of nitrogen functional groups attached to an aromatic ring is 1. The Morgan fingerprint density at radius 3 is 2.83 bits per heavy atom. The van der Waals surface area contributed by atoms with Crippen molar-refractivity contribution in [3.8, 4) is 11.1 Å². The van der Waals surface area contributed by atoms with Gasteiger partial charge < -0.3 is 21.1 Å². The SMILES string of the molecule is Cc1cc(-c2cnn3c(NCC4COC4)cc(N)nc23)ccc1C(=O)NC1CC1. The number of carbonyl (C=O) groups excluding carboxylic acids is 1. The first-order valence-corrected chi connectivity index (χ1v) is 9.96. The van der Waals surface area contributed by atoms with Crippen molar-refractivity contribution in [2.24, 2.45) is 5.92 Å². The van der Waals surface area contributed by atoms with Crippen molar-refractivity contribution >= 4 is 23.2 Å². The lowest BCUT2D eigenvalue weighted by Gasteiger charge is -2.26. The van der Waals surface area contributed by atoms with Crippen molar-refractivity contribution in [2.75, 3.05) is 30.8 Å². The smallest absolute Gasteiger partial charge is 0.251 e. The van der Waals surface area contributed by atoms with E-state index in [1.165, 1.54) is 0 Å². The molecule has 5 rings (SSSR count). The molecule has 0 bridgehead atoms. The third-order valence-electron chi connectivity index (χ3n) is 5.47. The van der Waals surface area contributed by atoms with Gasteiger partial charge in [0, 0.05) is 35.7 Å². The van der Waals surface area contributed by atoms with Crippen molar-refractivity contribution in [1.29, 1.82) is 0 Å². The summed E-state index contributed by atoms with van der Waals surface area (Å²) >= 11 is 0. The minimum Gasteiger partial charge on any atom is -0.384 e. The standard InChI is InChI=1S/C21H24N6O2/c1-12-6-14(2-5-16(12)21(28)25-15-3-4-15)17-9-24-27-19(7-18(22)26-20(17)27)23-8-13-10-29-11-13/h2,5-7,9,13,15,23H,3-4,8,10-11H2,1H3,(H2,22,26)(H,25,28). The van der Waals surface area contributed by atoms with E-state index in [0.717, 1.165) is 55.1 Å². The molecule has 1 aliphatic carbocycles. The first kappa shape index (κ1) is 17.9. The Morgan fingerprint density at radius 2 is 2.14 bits per heavy atom. The minimum absolute atomic E-state index is 0.00903. The normalized spacial score (nSPS) is 16.6. The number of ether oxygens (including phenoxy) is 1. The summed E-state index contributed by atoms with van der Waals surface area (Å²) in [5.41, 5.74) is 10.2. The number of benzene rings is 1. The van der Waals surface area contributed by atoms with Gasteiger partial charge in [-0.1, -0.05) is 12.1 Å². The molecule has 29 heavy (non-hydrogen) atoms. The highest BCUT2D eigenvalue weighted by Crippen LogP contribution is 2.29. The second kappa shape index (κ2) is 7.04. The summed E-state index contributed by atoms with van der Waals surface area (Å²) in [6.45, 7) is 4.31. The lowest BCUT2D eigenvalue weighted by Crippen LogP contribution is -2.33. The van der Waals surface area contributed by atoms with E-state index in [9.17, 15) is 4.79 Å². The summed E-state index contributed by atoms with van der Waals surface area (Å²) in [4.78, 5) is 16.9. The quantitative estimate of drug-likeness (QED) is 0.594. The molecule has 2 fully saturated rings. The second-order valence-electron chi connectivity index (χ2n) is 7.92. The van der Waals surface area contributed by atoms with Gasteiger partial charge in [-0.15, -0.1) is 0 Å². The molecule has 0 spiro atoms. The second-order valence-corrected chi connectivity index (χ2v) is 7.92. The number of nitrogens with zero attached hydrogens (tertiary/aromatic N) is 3. The van der Waals surface area contributed by atoms with E-state index in [1.807, 2.05) is 25.1 Å². The fourth-order valence-electron chi connectivity index (χ4n) is 3.54. The molecule has 8 nitrogen and oxygen atoms in total.